The number of likely N-dealkylation sites (tertiary alicyclic amines) is 2. The van der Waals surface area contributed by atoms with Crippen LogP contribution >= 0.6 is 22.7 Å². The fourth-order valence-corrected chi connectivity index (χ4v) is 16.2. The molecule has 4 heterocycles. The molecule has 3 N–H and O–H groups in total. The number of hydrogen-bond donors (Lipinski definition) is 3. The van der Waals surface area contributed by atoms with Gasteiger partial charge in [0.25, 0.3) is 11.8 Å². The average molecular weight is 1500 g/mol. The van der Waals surface area contributed by atoms with Crippen LogP contribution in [0.2, 0.25) is 0 Å². The Balaban J connectivity index is 0.000000377. The van der Waals surface area contributed by atoms with Crippen LogP contribution in [0.3, 0.4) is 0 Å². The molecule has 22 nitrogen and oxygen atoms in total. The number of aromatic nitrogens is 2. The monoisotopic (exact) mass is 1490 g/mol. The zero-order valence-corrected chi connectivity index (χ0v) is 67.5. The number of amides is 4. The number of Topliss-reactive ketones (excluding diaryl/α,β-unsaturated/α-hetero) is 2. The quantitative estimate of drug-likeness (QED) is 0.0278. The van der Waals surface area contributed by atoms with Crippen LogP contribution in [0.15, 0.2) is 71.4 Å². The van der Waals surface area contributed by atoms with Gasteiger partial charge in [-0.1, -0.05) is 157 Å². The Hall–Kier alpha value is -7.28. The maximum Gasteiger partial charge on any atom is 0.308 e. The molecule has 2 aromatic carbocycles. The summed E-state index contributed by atoms with van der Waals surface area (Å²) in [6.45, 7) is 28.3. The molecule has 2 aliphatic rings. The highest BCUT2D eigenvalue weighted by Gasteiger charge is 2.41. The Labute approximate surface area is 632 Å². The van der Waals surface area contributed by atoms with Crippen molar-refractivity contribution in [2.45, 2.75) is 235 Å². The predicted octanol–water partition coefficient (Wildman–Crippen LogP) is 12.9. The first kappa shape index (κ1) is 88.3. The summed E-state index contributed by atoms with van der Waals surface area (Å²) < 4.78 is 16.5. The number of ether oxygens (including phenoxy) is 3. The van der Waals surface area contributed by atoms with Crippen LogP contribution in [0, 0.1) is 59.2 Å². The first-order valence-electron chi connectivity index (χ1n) is 37.8. The van der Waals surface area contributed by atoms with Crippen molar-refractivity contribution < 1.29 is 67.3 Å². The third-order valence-electron chi connectivity index (χ3n) is 21.6. The summed E-state index contributed by atoms with van der Waals surface area (Å²) >= 11 is 2.41. The fraction of sp³-hybridized carbons (Fsp3) is 0.654. The number of nitrogens with zero attached hydrogens (tertiary/aromatic N) is 6. The van der Waals surface area contributed by atoms with Gasteiger partial charge in [0.1, 0.15) is 21.4 Å². The van der Waals surface area contributed by atoms with E-state index in [2.05, 4.69) is 44.2 Å². The van der Waals surface area contributed by atoms with Crippen molar-refractivity contribution in [3.05, 3.63) is 104 Å². The van der Waals surface area contributed by atoms with Gasteiger partial charge in [0, 0.05) is 100 Å². The zero-order valence-electron chi connectivity index (χ0n) is 65.9. The first-order chi connectivity index (χ1) is 49.6. The van der Waals surface area contributed by atoms with Crippen LogP contribution in [0.1, 0.15) is 228 Å². The largest absolute Gasteiger partial charge is 0.481 e. The summed E-state index contributed by atoms with van der Waals surface area (Å²) in [6.07, 6.45) is 6.07. The Morgan fingerprint density at radius 3 is 1.26 bits per heavy atom. The lowest BCUT2D eigenvalue weighted by atomic mass is 9.81. The smallest absolute Gasteiger partial charge is 0.308 e. The lowest BCUT2D eigenvalue weighted by Gasteiger charge is -2.38. The van der Waals surface area contributed by atoms with Gasteiger partial charge >= 0.3 is 23.9 Å². The highest BCUT2D eigenvalue weighted by molar-refractivity contribution is 7.10. The molecule has 24 heteroatoms. The van der Waals surface area contributed by atoms with Gasteiger partial charge in [0.15, 0.2) is 23.8 Å². The van der Waals surface area contributed by atoms with Gasteiger partial charge in [-0.25, -0.2) is 9.97 Å². The number of nitrogens with one attached hydrogen (secondary N) is 2. The van der Waals surface area contributed by atoms with Crippen molar-refractivity contribution >= 4 is 81.7 Å². The van der Waals surface area contributed by atoms with E-state index in [1.165, 1.54) is 43.6 Å². The fourth-order valence-electron chi connectivity index (χ4n) is 14.5. The standard InChI is InChI=1S/C41H62N4O7S.C40H60N4O7S/c1-11-27(5)32(22-36(47)35-19-26(4)17-18-44(35)8)40(49)45(9)34(25(2)3)23-37(52-29(7)46)39-43-33(24-53-39)38(48)42-31(20-28(6)41(50)51-10)21-30-15-13-12-14-16-30;1-10-26(5)31(21-35(46)34-18-25(4)16-17-43(34)8)39(48)44(9)33(24(2)3)22-36(51-28(7)45)38-42-32(23-52-38)37(47)41-30(19-27(6)40(49)50)20-29-14-12-11-13-15-29/h12-16,24-28,31-32,34-35,37H,11,17-23H2,1-10H3,(H,42,48);11-15,23-27,30-31,33-34,36H,10,16-22H2,1-9H3,(H,41,47)(H,49,50)/t26-,27+,28+,31-,32+,34-,35-,37-;25-,26+,27+,30-,31+,33-,34-,36-/m11/s1. The Bertz CT molecular complexity index is 3460. The van der Waals surface area contributed by atoms with Gasteiger partial charge in [-0.3, -0.25) is 57.7 Å². The molecule has 16 atom stereocenters. The number of benzene rings is 2. The Kier molecular flexibility index (Phi) is 36.1. The number of carbonyl (C=O) groups excluding carboxylic acids is 9. The minimum Gasteiger partial charge on any atom is -0.481 e. The van der Waals surface area contributed by atoms with Crippen LogP contribution < -0.4 is 10.6 Å². The highest BCUT2D eigenvalue weighted by atomic mass is 32.1. The number of ketones is 2. The third kappa shape index (κ3) is 27.2. The number of esters is 3. The molecule has 105 heavy (non-hydrogen) atoms. The topological polar surface area (TPSA) is 281 Å². The summed E-state index contributed by atoms with van der Waals surface area (Å²) in [5, 5.41) is 19.7. The molecule has 2 aliphatic heterocycles. The molecule has 0 radical (unpaired) electrons. The van der Waals surface area contributed by atoms with Crippen LogP contribution in [-0.4, -0.2) is 178 Å². The molecule has 0 saturated carbocycles. The summed E-state index contributed by atoms with van der Waals surface area (Å²) in [7, 11) is 8.86. The lowest BCUT2D eigenvalue weighted by Crippen LogP contribution is -2.48. The highest BCUT2D eigenvalue weighted by Crippen LogP contribution is 2.36. The molecule has 0 spiro atoms. The number of carboxylic acids is 1. The van der Waals surface area contributed by atoms with E-state index in [-0.39, 0.29) is 127 Å². The maximum atomic E-state index is 14.3. The van der Waals surface area contributed by atoms with E-state index in [1.807, 2.05) is 130 Å². The zero-order chi connectivity index (χ0) is 78.1. The Morgan fingerprint density at radius 1 is 0.571 bits per heavy atom. The van der Waals surface area contributed by atoms with E-state index in [0.29, 0.717) is 41.1 Å². The van der Waals surface area contributed by atoms with E-state index >= 15 is 0 Å². The maximum absolute atomic E-state index is 14.3. The molecule has 2 aromatic heterocycles. The van der Waals surface area contributed by atoms with Crippen molar-refractivity contribution in [2.75, 3.05) is 48.4 Å². The van der Waals surface area contributed by atoms with Crippen molar-refractivity contribution in [3.63, 3.8) is 0 Å². The normalized spacial score (nSPS) is 19.8. The second-order valence-corrected chi connectivity index (χ2v) is 32.5. The van der Waals surface area contributed by atoms with E-state index in [1.54, 1.807) is 48.5 Å². The first-order valence-corrected chi connectivity index (χ1v) is 39.6. The Morgan fingerprint density at radius 2 is 0.933 bits per heavy atom. The number of hydrogen-bond acceptors (Lipinski definition) is 19. The molecular weight excluding hydrogens is 1370 g/mol. The number of likely N-dealkylation sites (N-methyl/N-ethyl adjacent to an activating group) is 2. The molecule has 0 bridgehead atoms. The minimum atomic E-state index is -0.941. The predicted molar refractivity (Wildman–Crippen MR) is 410 cm³/mol. The molecule has 2 saturated heterocycles. The van der Waals surface area contributed by atoms with Gasteiger partial charge < -0.3 is 39.8 Å². The minimum absolute atomic E-state index is 0.00125. The number of carboxylic acid groups (broad SMARTS) is 1. The average Bonchev–Trinajstić information content (AvgIpc) is 1.74. The van der Waals surface area contributed by atoms with Gasteiger partial charge in [-0.15, -0.1) is 22.7 Å². The van der Waals surface area contributed by atoms with E-state index < -0.39 is 71.6 Å². The van der Waals surface area contributed by atoms with Crippen molar-refractivity contribution in [1.29, 1.82) is 0 Å². The SMILES string of the molecule is CC[C@H](C)[C@H](CC(=O)[C@H]1C[C@H](C)CCN1C)C(=O)N(C)[C@H](C[C@@H](OC(C)=O)c1nc(C(=O)N[C@@H](Cc2ccccc2)C[C@H](C)C(=O)O)cs1)C(C)C.CC[C@H](C)[C@H](CC(=O)[C@H]1C[C@H](C)CCN1C)C(=O)N(C)[C@H](C[C@@H](OC(C)=O)c1nc(C(=O)N[C@@H](Cc2ccccc2)C[C@H](C)C(=O)OC)cs1)C(C)C. The van der Waals surface area contributed by atoms with Crippen molar-refractivity contribution in [1.82, 2.24) is 40.2 Å². The number of carbonyl (C=O) groups is 10. The summed E-state index contributed by atoms with van der Waals surface area (Å²) in [5.41, 5.74) is 2.29. The van der Waals surface area contributed by atoms with Crippen LogP contribution in [0.25, 0.3) is 0 Å². The van der Waals surface area contributed by atoms with Crippen LogP contribution in [-0.2, 0) is 65.4 Å². The van der Waals surface area contributed by atoms with E-state index in [9.17, 15) is 53.1 Å². The van der Waals surface area contributed by atoms with Gasteiger partial charge in [0.2, 0.25) is 11.8 Å². The molecule has 6 rings (SSSR count). The number of thiazole rings is 2. The van der Waals surface area contributed by atoms with Crippen LogP contribution in [0.5, 0.6) is 0 Å². The summed E-state index contributed by atoms with van der Waals surface area (Å²) in [6, 6.07) is 17.4. The third-order valence-corrected chi connectivity index (χ3v) is 23.5. The summed E-state index contributed by atoms with van der Waals surface area (Å²) in [5.74, 6) is -4.31. The molecule has 2 fully saturated rings. The molecule has 4 aromatic rings. The summed E-state index contributed by atoms with van der Waals surface area (Å²) in [4.78, 5) is 149. The molecular formula is C81H122N8O14S2. The van der Waals surface area contributed by atoms with E-state index in [4.69, 9.17) is 14.2 Å². The van der Waals surface area contributed by atoms with Crippen molar-refractivity contribution in [2.24, 2.45) is 59.2 Å². The molecule has 4 amide bonds. The molecule has 582 valence electrons. The number of aliphatic carboxylic acids is 1. The molecule has 0 aliphatic carbocycles. The van der Waals surface area contributed by atoms with Gasteiger partial charge in [0.05, 0.1) is 31.0 Å². The van der Waals surface area contributed by atoms with Gasteiger partial charge in [-0.05, 0) is 125 Å². The lowest BCUT2D eigenvalue weighted by molar-refractivity contribution is -0.151. The number of rotatable bonds is 38. The second-order valence-electron chi connectivity index (χ2n) is 30.8. The van der Waals surface area contributed by atoms with Gasteiger partial charge in [-0.2, -0.15) is 0 Å². The van der Waals surface area contributed by atoms with Crippen LogP contribution in [0.4, 0.5) is 0 Å². The van der Waals surface area contributed by atoms with Crippen molar-refractivity contribution in [3.8, 4) is 0 Å². The number of piperidine rings is 2. The molecule has 0 unspecified atom stereocenters. The number of methoxy groups -OCH3 is 1. The van der Waals surface area contributed by atoms with E-state index in [0.717, 1.165) is 62.7 Å². The second kappa shape index (κ2) is 42.9.